The molecule has 1 aliphatic rings. The summed E-state index contributed by atoms with van der Waals surface area (Å²) in [4.78, 5) is 13.7. The fraction of sp³-hybridized carbons (Fsp3) is 0.800. The number of amides is 1. The van der Waals surface area contributed by atoms with Crippen molar-refractivity contribution in [2.45, 2.75) is 32.6 Å². The molecule has 6 nitrogen and oxygen atoms in total. The van der Waals surface area contributed by atoms with Crippen molar-refractivity contribution < 1.29 is 4.79 Å². The van der Waals surface area contributed by atoms with Gasteiger partial charge in [-0.05, 0) is 24.0 Å². The number of carbonyl (C=O) groups excluding carboxylic acids is 1. The zero-order chi connectivity index (χ0) is 11.4. The Morgan fingerprint density at radius 3 is 2.81 bits per heavy atom. The van der Waals surface area contributed by atoms with Crippen LogP contribution in [0.5, 0.6) is 0 Å². The molecule has 0 saturated carbocycles. The van der Waals surface area contributed by atoms with E-state index in [0.717, 1.165) is 31.8 Å². The molecule has 0 atom stereocenters. The molecule has 1 fully saturated rings. The van der Waals surface area contributed by atoms with Crippen molar-refractivity contribution in [3.63, 3.8) is 0 Å². The molecule has 16 heavy (non-hydrogen) atoms. The fourth-order valence-corrected chi connectivity index (χ4v) is 2.23. The highest BCUT2D eigenvalue weighted by atomic mass is 16.2. The lowest BCUT2D eigenvalue weighted by atomic mass is 9.92. The monoisotopic (exact) mass is 223 g/mol. The first kappa shape index (κ1) is 11.0. The van der Waals surface area contributed by atoms with Gasteiger partial charge >= 0.3 is 0 Å². The highest BCUT2D eigenvalue weighted by molar-refractivity contribution is 5.90. The van der Waals surface area contributed by atoms with Gasteiger partial charge in [0.25, 0.3) is 11.7 Å². The molecule has 0 radical (unpaired) electrons. The summed E-state index contributed by atoms with van der Waals surface area (Å²) in [5.41, 5.74) is 0. The average molecular weight is 223 g/mol. The minimum atomic E-state index is -0.108. The molecule has 0 bridgehead atoms. The largest absolute Gasteiger partial charge is 0.336 e. The van der Waals surface area contributed by atoms with Crippen molar-refractivity contribution in [1.29, 1.82) is 0 Å². The Morgan fingerprint density at radius 2 is 2.25 bits per heavy atom. The van der Waals surface area contributed by atoms with Gasteiger partial charge in [0.05, 0.1) is 0 Å². The number of hydrogen-bond donors (Lipinski definition) is 1. The number of H-pyrrole nitrogens is 1. The van der Waals surface area contributed by atoms with Gasteiger partial charge in [-0.2, -0.15) is 5.21 Å². The standard InChI is InChI=1S/C10H17N5O/c1-2-3-8-4-6-15(7-5-8)10(16)9-11-13-14-12-9/h8H,2-7H2,1H3,(H,11,12,13,14). The Kier molecular flexibility index (Phi) is 3.48. The van der Waals surface area contributed by atoms with Crippen LogP contribution < -0.4 is 0 Å². The molecule has 6 heteroatoms. The average Bonchev–Trinajstić information content (AvgIpc) is 2.83. The van der Waals surface area contributed by atoms with Crippen LogP contribution in [0.1, 0.15) is 43.2 Å². The van der Waals surface area contributed by atoms with Crippen LogP contribution in [0.25, 0.3) is 0 Å². The van der Waals surface area contributed by atoms with Crippen LogP contribution in [-0.2, 0) is 0 Å². The first-order valence-electron chi connectivity index (χ1n) is 5.84. The minimum absolute atomic E-state index is 0.108. The quantitative estimate of drug-likeness (QED) is 0.824. The second-order valence-corrected chi connectivity index (χ2v) is 4.26. The van der Waals surface area contributed by atoms with E-state index in [1.165, 1.54) is 12.8 Å². The van der Waals surface area contributed by atoms with E-state index in [1.807, 2.05) is 4.90 Å². The second-order valence-electron chi connectivity index (χ2n) is 4.26. The predicted molar refractivity (Wildman–Crippen MR) is 57.7 cm³/mol. The van der Waals surface area contributed by atoms with Gasteiger partial charge < -0.3 is 4.90 Å². The first-order chi connectivity index (χ1) is 7.81. The van der Waals surface area contributed by atoms with Gasteiger partial charge in [-0.15, -0.1) is 10.2 Å². The van der Waals surface area contributed by atoms with E-state index >= 15 is 0 Å². The maximum Gasteiger partial charge on any atom is 0.295 e. The number of tetrazole rings is 1. The second kappa shape index (κ2) is 5.05. The van der Waals surface area contributed by atoms with Gasteiger partial charge in [0.1, 0.15) is 0 Å². The molecule has 0 unspecified atom stereocenters. The molecule has 1 aromatic rings. The summed E-state index contributed by atoms with van der Waals surface area (Å²) in [6.07, 6.45) is 4.68. The Balaban J connectivity index is 1.87. The Labute approximate surface area is 94.4 Å². The highest BCUT2D eigenvalue weighted by Gasteiger charge is 2.25. The number of carbonyl (C=O) groups is 1. The molecule has 1 saturated heterocycles. The van der Waals surface area contributed by atoms with Crippen LogP contribution in [0.15, 0.2) is 0 Å². The molecule has 0 aromatic carbocycles. The van der Waals surface area contributed by atoms with Crippen LogP contribution in [0, 0.1) is 5.92 Å². The Hall–Kier alpha value is -1.46. The lowest BCUT2D eigenvalue weighted by Gasteiger charge is -2.31. The lowest BCUT2D eigenvalue weighted by molar-refractivity contribution is 0.0674. The maximum atomic E-state index is 11.9. The van der Waals surface area contributed by atoms with E-state index in [-0.39, 0.29) is 11.7 Å². The van der Waals surface area contributed by atoms with Gasteiger partial charge in [-0.3, -0.25) is 4.79 Å². The number of aromatic amines is 1. The molecule has 0 aliphatic carbocycles. The van der Waals surface area contributed by atoms with Crippen molar-refractivity contribution in [3.05, 3.63) is 5.82 Å². The summed E-state index contributed by atoms with van der Waals surface area (Å²) in [5.74, 6) is 0.844. The van der Waals surface area contributed by atoms with E-state index in [2.05, 4.69) is 27.5 Å². The van der Waals surface area contributed by atoms with E-state index in [1.54, 1.807) is 0 Å². The number of rotatable bonds is 3. The normalized spacial score (nSPS) is 17.7. The van der Waals surface area contributed by atoms with E-state index in [0.29, 0.717) is 0 Å². The minimum Gasteiger partial charge on any atom is -0.336 e. The zero-order valence-corrected chi connectivity index (χ0v) is 9.52. The number of nitrogens with one attached hydrogen (secondary N) is 1. The molecule has 2 heterocycles. The number of piperidine rings is 1. The molecule has 1 aliphatic heterocycles. The maximum absolute atomic E-state index is 11.9. The van der Waals surface area contributed by atoms with Crippen LogP contribution >= 0.6 is 0 Å². The predicted octanol–water partition coefficient (Wildman–Crippen LogP) is 0.852. The smallest absolute Gasteiger partial charge is 0.295 e. The van der Waals surface area contributed by atoms with Crippen molar-refractivity contribution in [2.75, 3.05) is 13.1 Å². The summed E-state index contributed by atoms with van der Waals surface area (Å²) in [5, 5.41) is 13.1. The zero-order valence-electron chi connectivity index (χ0n) is 9.52. The summed E-state index contributed by atoms with van der Waals surface area (Å²) in [6, 6.07) is 0. The van der Waals surface area contributed by atoms with Crippen molar-refractivity contribution in [3.8, 4) is 0 Å². The van der Waals surface area contributed by atoms with Crippen molar-refractivity contribution >= 4 is 5.91 Å². The van der Waals surface area contributed by atoms with Crippen LogP contribution in [0.2, 0.25) is 0 Å². The number of aromatic nitrogens is 4. The topological polar surface area (TPSA) is 74.8 Å². The third-order valence-corrected chi connectivity index (χ3v) is 3.14. The Bertz CT molecular complexity index is 329. The van der Waals surface area contributed by atoms with Crippen LogP contribution in [0.4, 0.5) is 0 Å². The van der Waals surface area contributed by atoms with Crippen LogP contribution in [-0.4, -0.2) is 44.5 Å². The van der Waals surface area contributed by atoms with Crippen LogP contribution in [0.3, 0.4) is 0 Å². The van der Waals surface area contributed by atoms with Gasteiger partial charge in [0.15, 0.2) is 0 Å². The number of hydrogen-bond acceptors (Lipinski definition) is 4. The van der Waals surface area contributed by atoms with Gasteiger partial charge in [0.2, 0.25) is 0 Å². The lowest BCUT2D eigenvalue weighted by Crippen LogP contribution is -2.39. The van der Waals surface area contributed by atoms with Gasteiger partial charge in [-0.25, -0.2) is 0 Å². The molecular weight excluding hydrogens is 206 g/mol. The molecule has 1 amide bonds. The summed E-state index contributed by atoms with van der Waals surface area (Å²) < 4.78 is 0. The van der Waals surface area contributed by atoms with Gasteiger partial charge in [-0.1, -0.05) is 19.8 Å². The molecule has 0 spiro atoms. The molecule has 2 rings (SSSR count). The molecule has 1 aromatic heterocycles. The number of likely N-dealkylation sites (tertiary alicyclic amines) is 1. The van der Waals surface area contributed by atoms with E-state index < -0.39 is 0 Å². The first-order valence-corrected chi connectivity index (χ1v) is 5.84. The van der Waals surface area contributed by atoms with Crippen molar-refractivity contribution in [2.24, 2.45) is 5.92 Å². The molecular formula is C10H17N5O. The number of nitrogens with zero attached hydrogens (tertiary/aromatic N) is 4. The van der Waals surface area contributed by atoms with Gasteiger partial charge in [0, 0.05) is 13.1 Å². The van der Waals surface area contributed by atoms with E-state index in [4.69, 9.17) is 0 Å². The summed E-state index contributed by atoms with van der Waals surface area (Å²) >= 11 is 0. The van der Waals surface area contributed by atoms with Crippen molar-refractivity contribution in [1.82, 2.24) is 25.5 Å². The SMILES string of the molecule is CCCC1CCN(C(=O)c2nn[nH]n2)CC1. The third kappa shape index (κ3) is 2.37. The third-order valence-electron chi connectivity index (χ3n) is 3.14. The summed E-state index contributed by atoms with van der Waals surface area (Å²) in [6.45, 7) is 3.84. The molecule has 88 valence electrons. The fourth-order valence-electron chi connectivity index (χ4n) is 2.23. The van der Waals surface area contributed by atoms with E-state index in [9.17, 15) is 4.79 Å². The molecule has 1 N–H and O–H groups in total. The summed E-state index contributed by atoms with van der Waals surface area (Å²) in [7, 11) is 0. The Morgan fingerprint density at radius 1 is 1.50 bits per heavy atom. The highest BCUT2D eigenvalue weighted by Crippen LogP contribution is 2.22.